The van der Waals surface area contributed by atoms with Crippen LogP contribution in [0.25, 0.3) is 10.9 Å². The van der Waals surface area contributed by atoms with Crippen LogP contribution in [0.5, 0.6) is 5.75 Å². The van der Waals surface area contributed by atoms with Crippen LogP contribution in [0.2, 0.25) is 0 Å². The van der Waals surface area contributed by atoms with Crippen LogP contribution < -0.4 is 4.74 Å². The number of aromatic carboxylic acids is 1. The fourth-order valence-corrected chi connectivity index (χ4v) is 5.11. The minimum Gasteiger partial charge on any atom is -0.489 e. The Hall–Kier alpha value is -2.65. The number of ether oxygens (including phenoxy) is 1. The van der Waals surface area contributed by atoms with E-state index in [0.717, 1.165) is 23.1 Å². The number of likely N-dealkylation sites (tertiary alicyclic amines) is 1. The zero-order valence-corrected chi connectivity index (χ0v) is 17.1. The number of thiazole rings is 1. The molecule has 1 aromatic carbocycles. The van der Waals surface area contributed by atoms with Crippen molar-refractivity contribution in [1.82, 2.24) is 14.9 Å². The molecule has 1 aliphatic heterocycles. The number of nitrogens with zero attached hydrogens (tertiary/aromatic N) is 3. The van der Waals surface area contributed by atoms with Gasteiger partial charge in [-0.15, -0.1) is 11.3 Å². The quantitative estimate of drug-likeness (QED) is 0.547. The first kappa shape index (κ1) is 19.7. The van der Waals surface area contributed by atoms with Crippen molar-refractivity contribution in [3.8, 4) is 5.75 Å². The van der Waals surface area contributed by atoms with Gasteiger partial charge in [0, 0.05) is 35.7 Å². The number of carbonyl (C=O) groups is 2. The molecule has 0 aliphatic carbocycles. The van der Waals surface area contributed by atoms with Gasteiger partial charge in [0.15, 0.2) is 10.0 Å². The maximum atomic E-state index is 12.3. The first-order valence-electron chi connectivity index (χ1n) is 9.19. The molecule has 7 nitrogen and oxygen atoms in total. The molecule has 0 spiro atoms. The molecule has 150 valence electrons. The first-order chi connectivity index (χ1) is 14.1. The lowest BCUT2D eigenvalue weighted by atomic mass is 10.2. The molecular formula is C20H19N3O4S2. The minimum absolute atomic E-state index is 0.0212. The molecule has 1 amide bonds. The molecule has 1 aliphatic rings. The van der Waals surface area contributed by atoms with Crippen molar-refractivity contribution >= 4 is 45.9 Å². The highest BCUT2D eigenvalue weighted by atomic mass is 32.2. The van der Waals surface area contributed by atoms with Gasteiger partial charge in [0.1, 0.15) is 17.9 Å². The van der Waals surface area contributed by atoms with Gasteiger partial charge in [0.25, 0.3) is 0 Å². The molecule has 29 heavy (non-hydrogen) atoms. The van der Waals surface area contributed by atoms with Crippen LogP contribution in [-0.4, -0.2) is 56.8 Å². The third kappa shape index (κ3) is 4.51. The standard InChI is InChI=1S/C20H19N3O4S2/c24-17-7-6-14(11-27-16-5-1-3-13-4-2-8-21-18(13)16)23(17)9-10-28-20-22-15(12-29-20)19(25)26/h1-5,8,12,14H,6-7,9-11H2,(H,25,26). The summed E-state index contributed by atoms with van der Waals surface area (Å²) in [6.07, 6.45) is 3.03. The van der Waals surface area contributed by atoms with Gasteiger partial charge in [0.05, 0.1) is 6.04 Å². The van der Waals surface area contributed by atoms with E-state index in [0.29, 0.717) is 29.7 Å². The molecule has 1 fully saturated rings. The Morgan fingerprint density at radius 2 is 2.21 bits per heavy atom. The third-order valence-corrected chi connectivity index (χ3v) is 6.74. The van der Waals surface area contributed by atoms with Gasteiger partial charge in [-0.1, -0.05) is 30.0 Å². The molecule has 1 N–H and O–H groups in total. The summed E-state index contributed by atoms with van der Waals surface area (Å²) in [5.74, 6) is 0.481. The van der Waals surface area contributed by atoms with Gasteiger partial charge in [-0.25, -0.2) is 9.78 Å². The van der Waals surface area contributed by atoms with Gasteiger partial charge in [-0.05, 0) is 18.6 Å². The first-order valence-corrected chi connectivity index (χ1v) is 11.1. The highest BCUT2D eigenvalue weighted by molar-refractivity contribution is 8.01. The van der Waals surface area contributed by atoms with E-state index in [-0.39, 0.29) is 17.6 Å². The Balaban J connectivity index is 1.34. The molecule has 3 heterocycles. The number of thioether (sulfide) groups is 1. The zero-order valence-electron chi connectivity index (χ0n) is 15.5. The number of hydrogen-bond acceptors (Lipinski definition) is 7. The topological polar surface area (TPSA) is 92.6 Å². The number of benzene rings is 1. The number of pyridine rings is 1. The van der Waals surface area contributed by atoms with Crippen molar-refractivity contribution in [3.05, 3.63) is 47.6 Å². The normalized spacial score (nSPS) is 16.5. The highest BCUT2D eigenvalue weighted by Gasteiger charge is 2.31. The maximum Gasteiger partial charge on any atom is 0.355 e. The number of fused-ring (bicyclic) bond motifs is 1. The monoisotopic (exact) mass is 429 g/mol. The second-order valence-corrected chi connectivity index (χ2v) is 8.77. The van der Waals surface area contributed by atoms with Crippen molar-refractivity contribution in [1.29, 1.82) is 0 Å². The van der Waals surface area contributed by atoms with E-state index in [1.165, 1.54) is 28.5 Å². The van der Waals surface area contributed by atoms with Crippen LogP contribution in [0.3, 0.4) is 0 Å². The van der Waals surface area contributed by atoms with Gasteiger partial charge in [0.2, 0.25) is 5.91 Å². The van der Waals surface area contributed by atoms with E-state index < -0.39 is 5.97 Å². The Kier molecular flexibility index (Phi) is 5.96. The van der Waals surface area contributed by atoms with Crippen LogP contribution in [0, 0.1) is 0 Å². The Bertz CT molecular complexity index is 1030. The number of carboxylic acids is 1. The Labute approximate surface area is 175 Å². The van der Waals surface area contributed by atoms with Crippen molar-refractivity contribution in [2.75, 3.05) is 18.9 Å². The van der Waals surface area contributed by atoms with Crippen molar-refractivity contribution in [2.24, 2.45) is 0 Å². The summed E-state index contributed by atoms with van der Waals surface area (Å²) in [6, 6.07) is 9.73. The maximum absolute atomic E-state index is 12.3. The minimum atomic E-state index is -1.03. The van der Waals surface area contributed by atoms with Gasteiger partial charge < -0.3 is 14.7 Å². The number of aromatic nitrogens is 2. The van der Waals surface area contributed by atoms with E-state index in [1.54, 1.807) is 6.20 Å². The summed E-state index contributed by atoms with van der Waals surface area (Å²) in [6.45, 7) is 1.000. The zero-order chi connectivity index (χ0) is 20.2. The molecule has 4 rings (SSSR count). The van der Waals surface area contributed by atoms with E-state index in [9.17, 15) is 9.59 Å². The molecule has 9 heteroatoms. The van der Waals surface area contributed by atoms with Crippen LogP contribution in [0.4, 0.5) is 0 Å². The number of rotatable bonds is 8. The van der Waals surface area contributed by atoms with E-state index in [2.05, 4.69) is 9.97 Å². The fraction of sp³-hybridized carbons (Fsp3) is 0.300. The molecule has 1 saturated heterocycles. The molecule has 0 radical (unpaired) electrons. The molecule has 2 aromatic heterocycles. The molecular weight excluding hydrogens is 410 g/mol. The van der Waals surface area contributed by atoms with Gasteiger partial charge in [-0.2, -0.15) is 0 Å². The third-order valence-electron chi connectivity index (χ3n) is 4.74. The van der Waals surface area contributed by atoms with Crippen LogP contribution in [-0.2, 0) is 4.79 Å². The van der Waals surface area contributed by atoms with E-state index >= 15 is 0 Å². The molecule has 1 atom stereocenters. The molecule has 1 unspecified atom stereocenters. The predicted octanol–water partition coefficient (Wildman–Crippen LogP) is 3.55. The van der Waals surface area contributed by atoms with Crippen molar-refractivity contribution in [3.63, 3.8) is 0 Å². The van der Waals surface area contributed by atoms with Crippen molar-refractivity contribution < 1.29 is 19.4 Å². The lowest BCUT2D eigenvalue weighted by molar-refractivity contribution is -0.129. The summed E-state index contributed by atoms with van der Waals surface area (Å²) in [4.78, 5) is 33.5. The summed E-state index contributed by atoms with van der Waals surface area (Å²) in [7, 11) is 0. The van der Waals surface area contributed by atoms with Gasteiger partial charge >= 0.3 is 5.97 Å². The molecule has 0 bridgehead atoms. The summed E-state index contributed by atoms with van der Waals surface area (Å²) in [5, 5.41) is 11.5. The fourth-order valence-electron chi connectivity index (χ4n) is 3.31. The van der Waals surface area contributed by atoms with Crippen molar-refractivity contribution in [2.45, 2.75) is 23.2 Å². The average Bonchev–Trinajstić information content (AvgIpc) is 3.34. The lowest BCUT2D eigenvalue weighted by Gasteiger charge is -2.24. The number of hydrogen-bond donors (Lipinski definition) is 1. The number of carboxylic acid groups (broad SMARTS) is 1. The SMILES string of the molecule is O=C(O)c1csc(SCCN2C(=O)CCC2COc2cccc3cccnc23)n1. The van der Waals surface area contributed by atoms with Gasteiger partial charge in [-0.3, -0.25) is 9.78 Å². The predicted molar refractivity (Wildman–Crippen MR) is 112 cm³/mol. The highest BCUT2D eigenvalue weighted by Crippen LogP contribution is 2.27. The van der Waals surface area contributed by atoms with E-state index in [1.807, 2.05) is 35.2 Å². The largest absolute Gasteiger partial charge is 0.489 e. The van der Waals surface area contributed by atoms with E-state index in [4.69, 9.17) is 9.84 Å². The second kappa shape index (κ2) is 8.79. The number of amides is 1. The average molecular weight is 430 g/mol. The summed E-state index contributed by atoms with van der Waals surface area (Å²) < 4.78 is 6.74. The summed E-state index contributed by atoms with van der Waals surface area (Å²) >= 11 is 2.77. The lowest BCUT2D eigenvalue weighted by Crippen LogP contribution is -2.38. The molecule has 3 aromatic rings. The van der Waals surface area contributed by atoms with Crippen LogP contribution >= 0.6 is 23.1 Å². The number of carbonyl (C=O) groups excluding carboxylic acids is 1. The smallest absolute Gasteiger partial charge is 0.355 e. The van der Waals surface area contributed by atoms with Crippen LogP contribution in [0.15, 0.2) is 46.2 Å². The Morgan fingerprint density at radius 3 is 3.03 bits per heavy atom. The van der Waals surface area contributed by atoms with Crippen LogP contribution in [0.1, 0.15) is 23.3 Å². The second-order valence-electron chi connectivity index (χ2n) is 6.57. The number of para-hydroxylation sites is 1. The Morgan fingerprint density at radius 1 is 1.34 bits per heavy atom. The molecule has 0 saturated carbocycles. The summed E-state index contributed by atoms with van der Waals surface area (Å²) in [5.41, 5.74) is 0.879.